The first-order valence-corrected chi connectivity index (χ1v) is 18.3. The van der Waals surface area contributed by atoms with Gasteiger partial charge >= 0.3 is 0 Å². The summed E-state index contributed by atoms with van der Waals surface area (Å²) in [5.41, 5.74) is 8.52. The lowest BCUT2D eigenvalue weighted by atomic mass is 9.92. The van der Waals surface area contributed by atoms with Gasteiger partial charge in [0.05, 0.1) is 57.3 Å². The SMILES string of the molecule is COC(C)(C)C.COc1cc(Nc2cccc(-c3cccc(-c4nc5cc(CO)cc(C#N)c5o4)c3C)c2C=N)cc(OC)c1CN(C=O)C1=C(S)COCC1. The summed E-state index contributed by atoms with van der Waals surface area (Å²) in [6.45, 7) is 8.88. The number of hydrogen-bond donors (Lipinski definition) is 4. The second kappa shape index (κ2) is 18.3. The number of thiol groups is 1. The van der Waals surface area contributed by atoms with Crippen molar-refractivity contribution < 1.29 is 33.3 Å². The number of amides is 1. The number of fused-ring (bicyclic) bond motifs is 1. The van der Waals surface area contributed by atoms with E-state index in [2.05, 4.69) is 29.0 Å². The first-order chi connectivity index (χ1) is 26.9. The monoisotopic (exact) mass is 777 g/mol. The van der Waals surface area contributed by atoms with Crippen LogP contribution in [0.3, 0.4) is 0 Å². The Balaban J connectivity index is 0.000000927. The Morgan fingerprint density at radius 2 is 1.71 bits per heavy atom. The fourth-order valence-electron chi connectivity index (χ4n) is 6.21. The minimum Gasteiger partial charge on any atom is -0.496 e. The van der Waals surface area contributed by atoms with E-state index < -0.39 is 0 Å². The van der Waals surface area contributed by atoms with E-state index in [9.17, 15) is 15.2 Å². The predicted octanol–water partition coefficient (Wildman–Crippen LogP) is 8.54. The van der Waals surface area contributed by atoms with Crippen LogP contribution in [-0.2, 0) is 27.4 Å². The quantitative estimate of drug-likeness (QED) is 0.0549. The summed E-state index contributed by atoms with van der Waals surface area (Å²) in [6, 6.07) is 20.6. The molecule has 0 bridgehead atoms. The Kier molecular flexibility index (Phi) is 13.6. The summed E-state index contributed by atoms with van der Waals surface area (Å²) in [6.07, 6.45) is 2.65. The van der Waals surface area contributed by atoms with Crippen LogP contribution in [0.25, 0.3) is 33.7 Å². The average molecular weight is 778 g/mol. The van der Waals surface area contributed by atoms with Crippen LogP contribution >= 0.6 is 12.6 Å². The number of aliphatic hydroxyl groups excluding tert-OH is 1. The van der Waals surface area contributed by atoms with Gasteiger partial charge in [-0.2, -0.15) is 5.26 Å². The molecule has 1 aromatic heterocycles. The Bertz CT molecular complexity index is 2280. The van der Waals surface area contributed by atoms with E-state index in [1.165, 1.54) is 6.21 Å². The lowest BCUT2D eigenvalue weighted by Crippen LogP contribution is -2.26. The van der Waals surface area contributed by atoms with Gasteiger partial charge < -0.3 is 44.1 Å². The topological polar surface area (TPSA) is 163 Å². The van der Waals surface area contributed by atoms with Crippen molar-refractivity contribution in [3.8, 4) is 40.1 Å². The van der Waals surface area contributed by atoms with Gasteiger partial charge in [0.25, 0.3) is 0 Å². The van der Waals surface area contributed by atoms with Crippen molar-refractivity contribution in [1.82, 2.24) is 9.88 Å². The maximum Gasteiger partial charge on any atom is 0.227 e. The fourth-order valence-corrected chi connectivity index (χ4v) is 6.54. The molecule has 1 aliphatic rings. The highest BCUT2D eigenvalue weighted by atomic mass is 32.1. The van der Waals surface area contributed by atoms with Crippen LogP contribution in [0.4, 0.5) is 11.4 Å². The van der Waals surface area contributed by atoms with E-state index in [1.54, 1.807) is 38.4 Å². The van der Waals surface area contributed by atoms with Gasteiger partial charge in [0.2, 0.25) is 12.3 Å². The highest BCUT2D eigenvalue weighted by molar-refractivity contribution is 7.84. The zero-order valence-electron chi connectivity index (χ0n) is 32.6. The molecule has 0 atom stereocenters. The van der Waals surface area contributed by atoms with Crippen LogP contribution in [0.1, 0.15) is 55.0 Å². The van der Waals surface area contributed by atoms with Gasteiger partial charge in [-0.3, -0.25) is 4.79 Å². The molecule has 0 saturated carbocycles. The highest BCUT2D eigenvalue weighted by Crippen LogP contribution is 2.40. The van der Waals surface area contributed by atoms with E-state index in [4.69, 9.17) is 28.8 Å². The number of hydrogen-bond acceptors (Lipinski definition) is 12. The molecule has 13 heteroatoms. The molecule has 0 aliphatic carbocycles. The third-order valence-electron chi connectivity index (χ3n) is 9.31. The first-order valence-electron chi connectivity index (χ1n) is 17.9. The number of nitrogens with one attached hydrogen (secondary N) is 2. The summed E-state index contributed by atoms with van der Waals surface area (Å²) in [4.78, 5) is 19.1. The lowest BCUT2D eigenvalue weighted by molar-refractivity contribution is -0.117. The highest BCUT2D eigenvalue weighted by Gasteiger charge is 2.23. The Labute approximate surface area is 332 Å². The number of aromatic nitrogens is 1. The molecule has 6 rings (SSSR count). The minimum atomic E-state index is -0.216. The smallest absolute Gasteiger partial charge is 0.227 e. The van der Waals surface area contributed by atoms with Crippen molar-refractivity contribution in [1.29, 1.82) is 10.7 Å². The molecule has 1 amide bonds. The molecule has 0 unspecified atom stereocenters. The van der Waals surface area contributed by atoms with Crippen molar-refractivity contribution in [2.24, 2.45) is 0 Å². The van der Waals surface area contributed by atoms with Crippen molar-refractivity contribution in [2.75, 3.05) is 39.9 Å². The Morgan fingerprint density at radius 3 is 2.30 bits per heavy atom. The van der Waals surface area contributed by atoms with Crippen LogP contribution in [0.5, 0.6) is 11.5 Å². The molecule has 0 spiro atoms. The number of oxazole rings is 1. The Morgan fingerprint density at radius 1 is 1.05 bits per heavy atom. The van der Waals surface area contributed by atoms with E-state index in [1.807, 2.05) is 76.2 Å². The van der Waals surface area contributed by atoms with Gasteiger partial charge in [-0.05, 0) is 74.2 Å². The van der Waals surface area contributed by atoms with E-state index in [0.29, 0.717) is 86.7 Å². The molecule has 3 N–H and O–H groups in total. The van der Waals surface area contributed by atoms with E-state index >= 15 is 0 Å². The lowest BCUT2D eigenvalue weighted by Gasteiger charge is -2.27. The largest absolute Gasteiger partial charge is 0.496 e. The molecular formula is C43H47N5O7S. The van der Waals surface area contributed by atoms with Crippen molar-refractivity contribution in [3.63, 3.8) is 0 Å². The molecule has 0 fully saturated rings. The molecule has 1 aliphatic heterocycles. The van der Waals surface area contributed by atoms with Gasteiger partial charge in [0, 0.05) is 65.0 Å². The van der Waals surface area contributed by atoms with Crippen molar-refractivity contribution >= 4 is 47.7 Å². The summed E-state index contributed by atoms with van der Waals surface area (Å²) in [5.74, 6) is 1.39. The van der Waals surface area contributed by atoms with Gasteiger partial charge in [-0.25, -0.2) is 4.98 Å². The number of carbonyl (C=O) groups is 1. The number of carbonyl (C=O) groups excluding carboxylic acids is 1. The maximum atomic E-state index is 12.2. The number of nitriles is 1. The second-order valence-corrected chi connectivity index (χ2v) is 14.4. The molecule has 4 aromatic carbocycles. The number of nitrogens with zero attached hydrogens (tertiary/aromatic N) is 3. The van der Waals surface area contributed by atoms with Crippen LogP contribution in [0, 0.1) is 23.7 Å². The number of aliphatic hydroxyl groups is 1. The standard InChI is InChI=1S/C38H35N5O6S.C5H12O/c1-22-26(6-4-7-27(22)38-42-32-13-23(19-44)12-24(16-39)37(32)49-38)28-8-5-9-31(29(28)17-40)41-25-14-34(46-2)30(35(15-25)47-3)18-43(21-45)33-10-11-48-20-36(33)50;1-5(2,3)6-4/h4-9,12-15,17,21,40-41,44,50H,10-11,18-20H2,1-3H3;1-4H3. The molecule has 0 saturated heterocycles. The third kappa shape index (κ3) is 9.23. The summed E-state index contributed by atoms with van der Waals surface area (Å²) in [7, 11) is 4.84. The van der Waals surface area contributed by atoms with Gasteiger partial charge in [-0.15, -0.1) is 12.6 Å². The minimum absolute atomic E-state index is 0.0417. The van der Waals surface area contributed by atoms with Gasteiger partial charge in [0.15, 0.2) is 5.58 Å². The van der Waals surface area contributed by atoms with E-state index in [0.717, 1.165) is 34.4 Å². The zero-order chi connectivity index (χ0) is 40.6. The van der Waals surface area contributed by atoms with Crippen LogP contribution in [-0.4, -0.2) is 67.8 Å². The average Bonchev–Trinajstić information content (AvgIpc) is 3.64. The number of ether oxygens (including phenoxy) is 4. The Hall–Kier alpha value is -5.65. The van der Waals surface area contributed by atoms with Crippen LogP contribution < -0.4 is 14.8 Å². The summed E-state index contributed by atoms with van der Waals surface area (Å²) in [5, 5.41) is 31.2. The number of benzene rings is 4. The fraction of sp³-hybridized carbons (Fsp3) is 0.302. The maximum absolute atomic E-state index is 12.2. The number of anilines is 2. The van der Waals surface area contributed by atoms with Gasteiger partial charge in [-0.1, -0.05) is 24.3 Å². The molecule has 0 radical (unpaired) electrons. The summed E-state index contributed by atoms with van der Waals surface area (Å²) >= 11 is 4.53. The molecule has 56 heavy (non-hydrogen) atoms. The molecule has 292 valence electrons. The van der Waals surface area contributed by atoms with Crippen LogP contribution in [0.2, 0.25) is 0 Å². The van der Waals surface area contributed by atoms with E-state index in [-0.39, 0.29) is 18.8 Å². The zero-order valence-corrected chi connectivity index (χ0v) is 33.5. The molecule has 12 nitrogen and oxygen atoms in total. The van der Waals surface area contributed by atoms with Crippen LogP contribution in [0.15, 0.2) is 75.7 Å². The number of rotatable bonds is 12. The third-order valence-corrected chi connectivity index (χ3v) is 9.70. The second-order valence-electron chi connectivity index (χ2n) is 13.9. The molecule has 5 aromatic rings. The predicted molar refractivity (Wildman–Crippen MR) is 221 cm³/mol. The molecular weight excluding hydrogens is 731 g/mol. The van der Waals surface area contributed by atoms with Crippen molar-refractivity contribution in [2.45, 2.75) is 52.9 Å². The summed E-state index contributed by atoms with van der Waals surface area (Å²) < 4.78 is 28.1. The first kappa shape index (κ1) is 41.5. The van der Waals surface area contributed by atoms with Crippen molar-refractivity contribution in [3.05, 3.63) is 99.1 Å². The molecule has 2 heterocycles. The van der Waals surface area contributed by atoms with Gasteiger partial charge in [0.1, 0.15) is 23.1 Å². The number of methoxy groups -OCH3 is 3. The normalized spacial score (nSPS) is 12.7.